The standard InChI is InChI=1S/C40H54O2/c1-29(19-13-21-31(3)33-27-35-37(5,6)23-15-25-39(35,9)41-33)17-11-12-18-30(2)20-14-22-32(4)34-28-36-38(7,8)24-16-26-40(36,10)42-34/h11-14,17-22,27-28H,15-16,23-26H2,1-10H3/b17-11+,18-12+,21-13+,22-14+,29-19+,30-20+,33-31-,34-32-. The maximum absolute atomic E-state index is 6.48. The number of allylic oxidation sites excluding steroid dienone is 16. The van der Waals surface area contributed by atoms with Gasteiger partial charge in [0.2, 0.25) is 0 Å². The predicted molar refractivity (Wildman–Crippen MR) is 180 cm³/mol. The second-order valence-electron chi connectivity index (χ2n) is 14.6. The molecule has 226 valence electrons. The van der Waals surface area contributed by atoms with E-state index in [4.69, 9.17) is 9.47 Å². The van der Waals surface area contributed by atoms with Crippen molar-refractivity contribution >= 4 is 0 Å². The van der Waals surface area contributed by atoms with Gasteiger partial charge in [-0.3, -0.25) is 0 Å². The van der Waals surface area contributed by atoms with E-state index in [-0.39, 0.29) is 22.0 Å². The minimum Gasteiger partial charge on any atom is -0.483 e. The third kappa shape index (κ3) is 7.13. The average Bonchev–Trinajstić information content (AvgIpc) is 3.46. The summed E-state index contributed by atoms with van der Waals surface area (Å²) < 4.78 is 13.0. The van der Waals surface area contributed by atoms with Crippen LogP contribution in [0.3, 0.4) is 0 Å². The fourth-order valence-electron chi connectivity index (χ4n) is 7.19. The van der Waals surface area contributed by atoms with Gasteiger partial charge < -0.3 is 9.47 Å². The molecule has 0 saturated heterocycles. The minimum absolute atomic E-state index is 0.137. The Kier molecular flexibility index (Phi) is 9.36. The number of hydrogen-bond donors (Lipinski definition) is 0. The molecule has 2 aliphatic heterocycles. The smallest absolute Gasteiger partial charge is 0.128 e. The van der Waals surface area contributed by atoms with Crippen molar-refractivity contribution in [3.63, 3.8) is 0 Å². The molecule has 2 fully saturated rings. The van der Waals surface area contributed by atoms with Crippen LogP contribution < -0.4 is 0 Å². The molecule has 0 spiro atoms. The Labute approximate surface area is 256 Å². The van der Waals surface area contributed by atoms with E-state index in [1.165, 1.54) is 59.1 Å². The summed E-state index contributed by atoms with van der Waals surface area (Å²) in [7, 11) is 0. The monoisotopic (exact) mass is 566 g/mol. The zero-order valence-electron chi connectivity index (χ0n) is 28.0. The maximum atomic E-state index is 6.48. The lowest BCUT2D eigenvalue weighted by molar-refractivity contribution is 0.0284. The van der Waals surface area contributed by atoms with Crippen LogP contribution in [0.1, 0.15) is 108 Å². The Morgan fingerprint density at radius 2 is 0.929 bits per heavy atom. The zero-order chi connectivity index (χ0) is 30.8. The van der Waals surface area contributed by atoms with Crippen LogP contribution in [-0.4, -0.2) is 11.2 Å². The van der Waals surface area contributed by atoms with Gasteiger partial charge in [0.05, 0.1) is 0 Å². The quantitative estimate of drug-likeness (QED) is 0.285. The number of ether oxygens (including phenoxy) is 2. The first-order valence-electron chi connectivity index (χ1n) is 16.0. The summed E-state index contributed by atoms with van der Waals surface area (Å²) in [6.45, 7) is 22.5. The number of hydrogen-bond acceptors (Lipinski definition) is 2. The zero-order valence-corrected chi connectivity index (χ0v) is 28.0. The van der Waals surface area contributed by atoms with Crippen molar-refractivity contribution in [1.82, 2.24) is 0 Å². The van der Waals surface area contributed by atoms with Crippen LogP contribution in [0, 0.1) is 10.8 Å². The van der Waals surface area contributed by atoms with Crippen LogP contribution >= 0.6 is 0 Å². The first-order valence-corrected chi connectivity index (χ1v) is 16.0. The van der Waals surface area contributed by atoms with Gasteiger partial charge in [-0.1, -0.05) is 99.6 Å². The first-order chi connectivity index (χ1) is 19.7. The van der Waals surface area contributed by atoms with Crippen LogP contribution in [-0.2, 0) is 9.47 Å². The highest BCUT2D eigenvalue weighted by Gasteiger charge is 2.48. The predicted octanol–water partition coefficient (Wildman–Crippen LogP) is 11.5. The normalized spacial score (nSPS) is 31.8. The molecule has 2 nitrogen and oxygen atoms in total. The van der Waals surface area contributed by atoms with Gasteiger partial charge in [-0.05, 0) is 125 Å². The summed E-state index contributed by atoms with van der Waals surface area (Å²) >= 11 is 0. The molecule has 4 aliphatic rings. The van der Waals surface area contributed by atoms with Crippen LogP contribution in [0.15, 0.2) is 118 Å². The third-order valence-corrected chi connectivity index (χ3v) is 9.75. The first kappa shape index (κ1) is 31.9. The number of rotatable bonds is 7. The fourth-order valence-corrected chi connectivity index (χ4v) is 7.19. The van der Waals surface area contributed by atoms with Crippen molar-refractivity contribution in [3.8, 4) is 0 Å². The molecule has 42 heavy (non-hydrogen) atoms. The van der Waals surface area contributed by atoms with E-state index in [1.54, 1.807) is 0 Å². The van der Waals surface area contributed by atoms with E-state index in [0.29, 0.717) is 0 Å². The topological polar surface area (TPSA) is 18.5 Å². The summed E-state index contributed by atoms with van der Waals surface area (Å²) in [6, 6.07) is 0. The van der Waals surface area contributed by atoms with Gasteiger partial charge in [-0.2, -0.15) is 0 Å². The van der Waals surface area contributed by atoms with Gasteiger partial charge in [0.1, 0.15) is 22.7 Å². The lowest BCUT2D eigenvalue weighted by Crippen LogP contribution is -2.38. The van der Waals surface area contributed by atoms with Crippen molar-refractivity contribution in [2.45, 2.75) is 119 Å². The molecular weight excluding hydrogens is 512 g/mol. The lowest BCUT2D eigenvalue weighted by atomic mass is 9.67. The van der Waals surface area contributed by atoms with E-state index >= 15 is 0 Å². The Morgan fingerprint density at radius 1 is 0.548 bits per heavy atom. The highest BCUT2D eigenvalue weighted by Crippen LogP contribution is 2.53. The summed E-state index contributed by atoms with van der Waals surface area (Å²) in [4.78, 5) is 0. The largest absolute Gasteiger partial charge is 0.483 e. The van der Waals surface area contributed by atoms with E-state index in [1.807, 2.05) is 0 Å². The molecule has 0 aromatic rings. The Hall–Kier alpha value is -3.00. The van der Waals surface area contributed by atoms with Crippen LogP contribution in [0.5, 0.6) is 0 Å². The van der Waals surface area contributed by atoms with E-state index in [9.17, 15) is 0 Å². The summed E-state index contributed by atoms with van der Waals surface area (Å²) in [5.41, 5.74) is 7.81. The average molecular weight is 567 g/mol. The summed E-state index contributed by atoms with van der Waals surface area (Å²) in [5.74, 6) is 2.05. The molecule has 0 aromatic carbocycles. The Bertz CT molecular complexity index is 1270. The molecule has 0 bridgehead atoms. The van der Waals surface area contributed by atoms with Crippen molar-refractivity contribution in [3.05, 3.63) is 118 Å². The van der Waals surface area contributed by atoms with Crippen LogP contribution in [0.25, 0.3) is 0 Å². The van der Waals surface area contributed by atoms with Gasteiger partial charge in [0.15, 0.2) is 0 Å². The molecule has 0 radical (unpaired) electrons. The van der Waals surface area contributed by atoms with Crippen LogP contribution in [0.4, 0.5) is 0 Å². The number of fused-ring (bicyclic) bond motifs is 2. The SMILES string of the molecule is CC(/C=C/C=C(C)/C=C/C=C/C(C)=C/C=C/C(C)=C1/C=C2C(C)(C)CCCC2(C)O1)=C1\C=C2C(C)(C)CCCC2(C)O1. The van der Waals surface area contributed by atoms with Gasteiger partial charge in [-0.15, -0.1) is 0 Å². The van der Waals surface area contributed by atoms with Gasteiger partial charge in [0, 0.05) is 0 Å². The molecule has 4 rings (SSSR count). The molecule has 2 heteroatoms. The molecule has 2 atom stereocenters. The van der Waals surface area contributed by atoms with E-state index < -0.39 is 0 Å². The van der Waals surface area contributed by atoms with Crippen molar-refractivity contribution < 1.29 is 9.47 Å². The van der Waals surface area contributed by atoms with E-state index in [2.05, 4.69) is 142 Å². The van der Waals surface area contributed by atoms with Gasteiger partial charge in [0.25, 0.3) is 0 Å². The third-order valence-electron chi connectivity index (χ3n) is 9.75. The van der Waals surface area contributed by atoms with Crippen LogP contribution in [0.2, 0.25) is 0 Å². The molecule has 2 unspecified atom stereocenters. The highest BCUT2D eigenvalue weighted by molar-refractivity contribution is 5.44. The lowest BCUT2D eigenvalue weighted by Gasteiger charge is -2.42. The summed E-state index contributed by atoms with van der Waals surface area (Å²) in [6.07, 6.45) is 33.1. The summed E-state index contributed by atoms with van der Waals surface area (Å²) in [5, 5.41) is 0. The minimum atomic E-state index is -0.137. The molecular formula is C40H54O2. The Morgan fingerprint density at radius 3 is 1.29 bits per heavy atom. The molecule has 2 saturated carbocycles. The molecule has 0 amide bonds. The molecule has 0 N–H and O–H groups in total. The second kappa shape index (κ2) is 12.3. The van der Waals surface area contributed by atoms with Crippen molar-refractivity contribution in [2.24, 2.45) is 10.8 Å². The molecule has 2 aliphatic carbocycles. The molecule has 2 heterocycles. The maximum Gasteiger partial charge on any atom is 0.128 e. The van der Waals surface area contributed by atoms with Gasteiger partial charge >= 0.3 is 0 Å². The fraction of sp³-hybridized carbons (Fsp3) is 0.500. The van der Waals surface area contributed by atoms with Crippen molar-refractivity contribution in [2.75, 3.05) is 0 Å². The van der Waals surface area contributed by atoms with Crippen molar-refractivity contribution in [1.29, 1.82) is 0 Å². The van der Waals surface area contributed by atoms with E-state index in [0.717, 1.165) is 24.4 Å². The highest BCUT2D eigenvalue weighted by atomic mass is 16.5. The van der Waals surface area contributed by atoms with Gasteiger partial charge in [-0.25, -0.2) is 0 Å². The molecule has 0 aromatic heterocycles. The second-order valence-corrected chi connectivity index (χ2v) is 14.6. The Balaban J connectivity index is 1.31.